The number of hydrogen-bond donors (Lipinski definition) is 1. The largest absolute Gasteiger partial charge is 0.318 e. The van der Waals surface area contributed by atoms with E-state index in [9.17, 15) is 4.79 Å². The molecule has 0 spiro atoms. The van der Waals surface area contributed by atoms with Crippen LogP contribution in [0.2, 0.25) is 0 Å². The van der Waals surface area contributed by atoms with Crippen molar-refractivity contribution in [3.8, 4) is 0 Å². The summed E-state index contributed by atoms with van der Waals surface area (Å²) in [5, 5.41) is 0. The Morgan fingerprint density at radius 3 is 2.60 bits per heavy atom. The fourth-order valence-electron chi connectivity index (χ4n) is 1.39. The minimum absolute atomic E-state index is 0.0867. The van der Waals surface area contributed by atoms with Crippen molar-refractivity contribution in [2.75, 3.05) is 0 Å². The number of carbonyl (C=O) groups excluding carboxylic acids is 1. The molecule has 0 aromatic rings. The van der Waals surface area contributed by atoms with Gasteiger partial charge in [-0.1, -0.05) is 6.08 Å². The van der Waals surface area contributed by atoms with E-state index in [2.05, 4.69) is 6.58 Å². The van der Waals surface area contributed by atoms with Crippen LogP contribution in [0.4, 0.5) is 0 Å². The lowest BCUT2D eigenvalue weighted by molar-refractivity contribution is -0.126. The number of rotatable bonds is 2. The number of hydrogen-bond acceptors (Lipinski definition) is 2. The average Bonchev–Trinajstić information content (AvgIpc) is 1.85. The van der Waals surface area contributed by atoms with E-state index in [-0.39, 0.29) is 11.7 Å². The number of Topliss-reactive ketones (excluding diaryl/α,β-unsaturated/α-hetero) is 1. The van der Waals surface area contributed by atoms with Crippen molar-refractivity contribution in [3.63, 3.8) is 0 Å². The van der Waals surface area contributed by atoms with E-state index in [1.54, 1.807) is 13.0 Å². The monoisotopic (exact) mass is 139 g/mol. The Labute approximate surface area is 61.1 Å². The molecular formula is C8H13NO. The molecule has 0 aromatic carbocycles. The summed E-state index contributed by atoms with van der Waals surface area (Å²) in [5.74, 6) is 0.300. The van der Waals surface area contributed by atoms with Gasteiger partial charge in [0.15, 0.2) is 0 Å². The number of nitrogens with two attached hydrogens (primary N) is 1. The second-order valence-electron chi connectivity index (χ2n) is 2.98. The molecule has 0 bridgehead atoms. The molecule has 1 rings (SSSR count). The molecule has 1 saturated carbocycles. The van der Waals surface area contributed by atoms with Crippen molar-refractivity contribution in [3.05, 3.63) is 12.7 Å². The Morgan fingerprint density at radius 2 is 2.50 bits per heavy atom. The minimum Gasteiger partial charge on any atom is -0.318 e. The Kier molecular flexibility index (Phi) is 1.65. The summed E-state index contributed by atoms with van der Waals surface area (Å²) in [5.41, 5.74) is 5.21. The van der Waals surface area contributed by atoms with Gasteiger partial charge in [-0.2, -0.15) is 0 Å². The molecule has 0 amide bonds. The Morgan fingerprint density at radius 1 is 1.90 bits per heavy atom. The fraction of sp³-hybridized carbons (Fsp3) is 0.625. The lowest BCUT2D eigenvalue weighted by atomic mass is 9.65. The van der Waals surface area contributed by atoms with Gasteiger partial charge in [-0.15, -0.1) is 6.58 Å². The third-order valence-electron chi connectivity index (χ3n) is 2.47. The van der Waals surface area contributed by atoms with E-state index in [0.717, 1.165) is 12.8 Å². The van der Waals surface area contributed by atoms with E-state index in [4.69, 9.17) is 5.73 Å². The van der Waals surface area contributed by atoms with Gasteiger partial charge in [0.2, 0.25) is 0 Å². The van der Waals surface area contributed by atoms with Gasteiger partial charge in [0.05, 0.1) is 5.54 Å². The molecule has 0 saturated heterocycles. The SMILES string of the molecule is C=CC1CCC1(N)C(C)=O. The zero-order valence-electron chi connectivity index (χ0n) is 6.26. The summed E-state index contributed by atoms with van der Waals surface area (Å²) in [6, 6.07) is 0. The Balaban J connectivity index is 2.70. The molecule has 2 heteroatoms. The van der Waals surface area contributed by atoms with Crippen molar-refractivity contribution in [1.82, 2.24) is 0 Å². The maximum absolute atomic E-state index is 10.9. The highest BCUT2D eigenvalue weighted by Gasteiger charge is 2.45. The van der Waals surface area contributed by atoms with Gasteiger partial charge in [0.1, 0.15) is 5.78 Å². The van der Waals surface area contributed by atoms with Crippen LogP contribution in [0.1, 0.15) is 19.8 Å². The predicted octanol–water partition coefficient (Wildman–Crippen LogP) is 0.869. The smallest absolute Gasteiger partial charge is 0.150 e. The molecule has 2 unspecified atom stereocenters. The average molecular weight is 139 g/mol. The zero-order valence-corrected chi connectivity index (χ0v) is 6.26. The summed E-state index contributed by atoms with van der Waals surface area (Å²) in [7, 11) is 0. The number of ketones is 1. The number of carbonyl (C=O) groups is 1. The lowest BCUT2D eigenvalue weighted by Crippen LogP contribution is -2.59. The molecule has 1 fully saturated rings. The first kappa shape index (κ1) is 7.48. The topological polar surface area (TPSA) is 43.1 Å². The first-order valence-corrected chi connectivity index (χ1v) is 3.53. The molecule has 2 N–H and O–H groups in total. The maximum Gasteiger partial charge on any atom is 0.150 e. The maximum atomic E-state index is 10.9. The molecule has 2 nitrogen and oxygen atoms in total. The molecule has 0 radical (unpaired) electrons. The van der Waals surface area contributed by atoms with Crippen molar-refractivity contribution in [1.29, 1.82) is 0 Å². The van der Waals surface area contributed by atoms with Crippen molar-refractivity contribution in [2.24, 2.45) is 11.7 Å². The van der Waals surface area contributed by atoms with Crippen LogP contribution in [0.15, 0.2) is 12.7 Å². The molecule has 2 atom stereocenters. The zero-order chi connectivity index (χ0) is 7.78. The van der Waals surface area contributed by atoms with Gasteiger partial charge in [0, 0.05) is 5.92 Å². The van der Waals surface area contributed by atoms with E-state index in [1.165, 1.54) is 0 Å². The summed E-state index contributed by atoms with van der Waals surface area (Å²) < 4.78 is 0. The molecule has 1 aliphatic carbocycles. The molecule has 10 heavy (non-hydrogen) atoms. The van der Waals surface area contributed by atoms with Crippen LogP contribution in [-0.2, 0) is 4.79 Å². The van der Waals surface area contributed by atoms with Gasteiger partial charge < -0.3 is 5.73 Å². The molecule has 1 aliphatic rings. The highest BCUT2D eigenvalue weighted by atomic mass is 16.1. The summed E-state index contributed by atoms with van der Waals surface area (Å²) in [4.78, 5) is 10.9. The van der Waals surface area contributed by atoms with Crippen LogP contribution in [0.3, 0.4) is 0 Å². The van der Waals surface area contributed by atoms with Crippen molar-refractivity contribution < 1.29 is 4.79 Å². The summed E-state index contributed by atoms with van der Waals surface area (Å²) >= 11 is 0. The minimum atomic E-state index is -0.568. The third-order valence-corrected chi connectivity index (χ3v) is 2.47. The van der Waals surface area contributed by atoms with Crippen LogP contribution in [0.5, 0.6) is 0 Å². The molecule has 0 aromatic heterocycles. The standard InChI is InChI=1S/C8H13NO/c1-3-7-4-5-8(7,9)6(2)10/h3,7H,1,4-5,9H2,2H3. The van der Waals surface area contributed by atoms with E-state index in [0.29, 0.717) is 0 Å². The lowest BCUT2D eigenvalue weighted by Gasteiger charge is -2.43. The molecule has 0 heterocycles. The third kappa shape index (κ3) is 0.797. The van der Waals surface area contributed by atoms with Gasteiger partial charge in [-0.3, -0.25) is 4.79 Å². The predicted molar refractivity (Wildman–Crippen MR) is 40.5 cm³/mol. The van der Waals surface area contributed by atoms with Gasteiger partial charge in [-0.05, 0) is 19.8 Å². The van der Waals surface area contributed by atoms with E-state index in [1.807, 2.05) is 0 Å². The summed E-state index contributed by atoms with van der Waals surface area (Å²) in [6.07, 6.45) is 3.61. The van der Waals surface area contributed by atoms with Crippen LogP contribution in [-0.4, -0.2) is 11.3 Å². The quantitative estimate of drug-likeness (QED) is 0.577. The molecular weight excluding hydrogens is 126 g/mol. The normalized spacial score (nSPS) is 38.4. The summed E-state index contributed by atoms with van der Waals surface area (Å²) in [6.45, 7) is 5.18. The first-order chi connectivity index (χ1) is 4.61. The van der Waals surface area contributed by atoms with Crippen LogP contribution >= 0.6 is 0 Å². The van der Waals surface area contributed by atoms with Crippen molar-refractivity contribution in [2.45, 2.75) is 25.3 Å². The second kappa shape index (κ2) is 2.20. The highest BCUT2D eigenvalue weighted by molar-refractivity contribution is 5.87. The van der Waals surface area contributed by atoms with E-state index >= 15 is 0 Å². The van der Waals surface area contributed by atoms with Crippen LogP contribution < -0.4 is 5.73 Å². The second-order valence-corrected chi connectivity index (χ2v) is 2.98. The fourth-order valence-corrected chi connectivity index (χ4v) is 1.39. The Hall–Kier alpha value is -0.630. The Bertz CT molecular complexity index is 176. The van der Waals surface area contributed by atoms with Gasteiger partial charge >= 0.3 is 0 Å². The van der Waals surface area contributed by atoms with Crippen LogP contribution in [0.25, 0.3) is 0 Å². The highest BCUT2D eigenvalue weighted by Crippen LogP contribution is 2.37. The molecule has 56 valence electrons. The van der Waals surface area contributed by atoms with Gasteiger partial charge in [0.25, 0.3) is 0 Å². The molecule has 0 aliphatic heterocycles. The van der Waals surface area contributed by atoms with Gasteiger partial charge in [-0.25, -0.2) is 0 Å². The van der Waals surface area contributed by atoms with E-state index < -0.39 is 5.54 Å². The first-order valence-electron chi connectivity index (χ1n) is 3.53. The van der Waals surface area contributed by atoms with Crippen molar-refractivity contribution >= 4 is 5.78 Å². The van der Waals surface area contributed by atoms with Crippen LogP contribution in [0, 0.1) is 5.92 Å².